The minimum Gasteiger partial charge on any atom is -0.394 e. The van der Waals surface area contributed by atoms with Gasteiger partial charge < -0.3 is 55.3 Å². The van der Waals surface area contributed by atoms with Gasteiger partial charge in [0.05, 0.1) is 13.2 Å². The lowest BCUT2D eigenvalue weighted by Gasteiger charge is -2.45. The Morgan fingerprint density at radius 1 is 1.08 bits per heavy atom. The number of aliphatic hydroxyl groups excluding tert-OH is 7. The average Bonchev–Trinajstić information content (AvgIpc) is 2.85. The molecule has 2 aliphatic rings. The quantitative estimate of drug-likeness (QED) is 0.218. The highest BCUT2D eigenvalue weighted by molar-refractivity contribution is 5.73. The fraction of sp³-hybridized carbons (Fsp3) is 0.929. The molecule has 2 saturated heterocycles. The number of hydrogen-bond donors (Lipinski definition) is 8. The first-order valence-corrected chi connectivity index (χ1v) is 8.03. The molecule has 8 N–H and O–H groups in total. The minimum absolute atomic E-state index is 0.597. The molecule has 152 valence electrons. The number of carbonyl (C=O) groups excluding carboxylic acids is 1. The van der Waals surface area contributed by atoms with Gasteiger partial charge in [0, 0.05) is 6.92 Å². The summed E-state index contributed by atoms with van der Waals surface area (Å²) in [4.78, 5) is 11.4. The number of aliphatic hydroxyl groups is 7. The maximum absolute atomic E-state index is 11.4. The molecule has 12 heteroatoms. The molecule has 0 aromatic carbocycles. The van der Waals surface area contributed by atoms with Crippen molar-refractivity contribution in [2.24, 2.45) is 0 Å². The zero-order valence-electron chi connectivity index (χ0n) is 14.0. The third-order valence-corrected chi connectivity index (χ3v) is 4.48. The second-order valence-corrected chi connectivity index (χ2v) is 6.29. The normalized spacial score (nSPS) is 46.3. The van der Waals surface area contributed by atoms with E-state index in [1.165, 1.54) is 0 Å². The topological polar surface area (TPSA) is 198 Å². The summed E-state index contributed by atoms with van der Waals surface area (Å²) in [6.45, 7) is -1.21. The molecule has 9 atom stereocenters. The van der Waals surface area contributed by atoms with Gasteiger partial charge in [0.15, 0.2) is 6.29 Å². The van der Waals surface area contributed by atoms with E-state index in [-0.39, 0.29) is 0 Å². The molecule has 0 radical (unpaired) electrons. The molecule has 2 fully saturated rings. The summed E-state index contributed by atoms with van der Waals surface area (Å²) in [6.07, 6.45) is -10.7. The van der Waals surface area contributed by atoms with E-state index in [2.05, 4.69) is 5.32 Å². The van der Waals surface area contributed by atoms with Gasteiger partial charge in [-0.05, 0) is 0 Å². The number of nitrogens with one attached hydrogen (secondary N) is 1. The van der Waals surface area contributed by atoms with E-state index in [0.717, 1.165) is 6.92 Å². The van der Waals surface area contributed by atoms with Crippen LogP contribution in [0.25, 0.3) is 0 Å². The standard InChI is InChI=1S/C14H25NO11/c1-5(19)15-8-11(9(20)6(2-16)24-13(8)23)26-14(4-18)12(22)10(21)7(3-17)25-14/h6-13,16-18,20-23H,2-4H2,1H3,(H,15,19)/t6-,7-,8-,9-,10-,11-,12+,13?,14+/m1/s1. The lowest BCUT2D eigenvalue weighted by atomic mass is 9.95. The second-order valence-electron chi connectivity index (χ2n) is 6.29. The van der Waals surface area contributed by atoms with Crippen molar-refractivity contribution in [3.8, 4) is 0 Å². The van der Waals surface area contributed by atoms with Crippen molar-refractivity contribution in [2.75, 3.05) is 19.8 Å². The van der Waals surface area contributed by atoms with E-state index >= 15 is 0 Å². The Balaban J connectivity index is 2.32. The van der Waals surface area contributed by atoms with Crippen molar-refractivity contribution < 1.29 is 54.8 Å². The van der Waals surface area contributed by atoms with Crippen LogP contribution in [-0.2, 0) is 19.0 Å². The van der Waals surface area contributed by atoms with E-state index in [1.807, 2.05) is 0 Å². The van der Waals surface area contributed by atoms with Gasteiger partial charge in [0.25, 0.3) is 0 Å². The lowest BCUT2D eigenvalue weighted by molar-refractivity contribution is -0.341. The largest absolute Gasteiger partial charge is 0.394 e. The fourth-order valence-corrected chi connectivity index (χ4v) is 3.11. The summed E-state index contributed by atoms with van der Waals surface area (Å²) < 4.78 is 15.8. The molecule has 0 aromatic heterocycles. The highest BCUT2D eigenvalue weighted by Gasteiger charge is 2.59. The summed E-state index contributed by atoms with van der Waals surface area (Å²) in [5, 5.41) is 71.0. The summed E-state index contributed by atoms with van der Waals surface area (Å²) in [5.74, 6) is -2.84. The van der Waals surface area contributed by atoms with Crippen molar-refractivity contribution in [3.63, 3.8) is 0 Å². The first kappa shape index (κ1) is 21.4. The van der Waals surface area contributed by atoms with E-state index in [4.69, 9.17) is 14.2 Å². The fourth-order valence-electron chi connectivity index (χ4n) is 3.11. The van der Waals surface area contributed by atoms with Gasteiger partial charge in [0.1, 0.15) is 49.3 Å². The van der Waals surface area contributed by atoms with Gasteiger partial charge in [-0.25, -0.2) is 0 Å². The Kier molecular flexibility index (Phi) is 6.90. The Hall–Kier alpha value is -0.930. The Bertz CT molecular complexity index is 494. The van der Waals surface area contributed by atoms with Crippen LogP contribution in [0, 0.1) is 0 Å². The molecule has 12 nitrogen and oxygen atoms in total. The minimum atomic E-state index is -2.24. The van der Waals surface area contributed by atoms with E-state index in [9.17, 15) is 40.5 Å². The van der Waals surface area contributed by atoms with Crippen LogP contribution in [0.15, 0.2) is 0 Å². The number of rotatable bonds is 6. The lowest BCUT2D eigenvalue weighted by Crippen LogP contribution is -2.67. The van der Waals surface area contributed by atoms with Crippen molar-refractivity contribution in [3.05, 3.63) is 0 Å². The Morgan fingerprint density at radius 2 is 1.69 bits per heavy atom. The third kappa shape index (κ3) is 3.84. The van der Waals surface area contributed by atoms with E-state index < -0.39 is 80.5 Å². The molecule has 26 heavy (non-hydrogen) atoms. The molecule has 2 aliphatic heterocycles. The van der Waals surface area contributed by atoms with Crippen molar-refractivity contribution in [2.45, 2.75) is 61.7 Å². The van der Waals surface area contributed by atoms with Crippen molar-refractivity contribution in [1.82, 2.24) is 5.32 Å². The number of amides is 1. The van der Waals surface area contributed by atoms with E-state index in [1.54, 1.807) is 0 Å². The molecule has 0 spiro atoms. The zero-order valence-corrected chi connectivity index (χ0v) is 14.0. The SMILES string of the molecule is CC(=O)N[C@H]1C(O)O[C@H](CO)[C@@H](O)[C@@H]1O[C@]1(CO)O[C@H](CO)[C@@H](O)[C@@H]1O. The highest BCUT2D eigenvalue weighted by atomic mass is 16.7. The van der Waals surface area contributed by atoms with Gasteiger partial charge in [-0.1, -0.05) is 0 Å². The van der Waals surface area contributed by atoms with Gasteiger partial charge in [-0.15, -0.1) is 0 Å². The Morgan fingerprint density at radius 3 is 2.15 bits per heavy atom. The molecule has 0 saturated carbocycles. The first-order valence-electron chi connectivity index (χ1n) is 8.03. The van der Waals surface area contributed by atoms with Crippen LogP contribution in [0.1, 0.15) is 6.92 Å². The number of hydrogen-bond acceptors (Lipinski definition) is 11. The molecule has 1 amide bonds. The van der Waals surface area contributed by atoms with Crippen molar-refractivity contribution in [1.29, 1.82) is 0 Å². The van der Waals surface area contributed by atoms with Gasteiger partial charge in [-0.2, -0.15) is 0 Å². The number of carbonyl (C=O) groups is 1. The maximum Gasteiger partial charge on any atom is 0.222 e. The smallest absolute Gasteiger partial charge is 0.222 e. The predicted molar refractivity (Wildman–Crippen MR) is 80.2 cm³/mol. The molecule has 1 unspecified atom stereocenters. The van der Waals surface area contributed by atoms with Crippen molar-refractivity contribution >= 4 is 5.91 Å². The van der Waals surface area contributed by atoms with Crippen LogP contribution in [0.3, 0.4) is 0 Å². The molecule has 0 aromatic rings. The van der Waals surface area contributed by atoms with Crippen LogP contribution < -0.4 is 5.32 Å². The van der Waals surface area contributed by atoms with Crippen LogP contribution in [-0.4, -0.2) is 116 Å². The van der Waals surface area contributed by atoms with Gasteiger partial charge in [-0.3, -0.25) is 4.79 Å². The van der Waals surface area contributed by atoms with E-state index in [0.29, 0.717) is 0 Å². The Labute approximate surface area is 148 Å². The molecule has 2 heterocycles. The first-order chi connectivity index (χ1) is 12.2. The van der Waals surface area contributed by atoms with Crippen LogP contribution in [0.2, 0.25) is 0 Å². The summed E-state index contributed by atoms with van der Waals surface area (Å²) in [7, 11) is 0. The monoisotopic (exact) mass is 383 g/mol. The summed E-state index contributed by atoms with van der Waals surface area (Å²) >= 11 is 0. The summed E-state index contributed by atoms with van der Waals surface area (Å²) in [5.41, 5.74) is 0. The number of ether oxygens (including phenoxy) is 3. The molecular weight excluding hydrogens is 358 g/mol. The van der Waals surface area contributed by atoms with Crippen LogP contribution >= 0.6 is 0 Å². The molecule has 2 rings (SSSR count). The second kappa shape index (κ2) is 8.39. The van der Waals surface area contributed by atoms with Gasteiger partial charge in [0.2, 0.25) is 11.7 Å². The zero-order chi connectivity index (χ0) is 19.6. The summed E-state index contributed by atoms with van der Waals surface area (Å²) in [6, 6.07) is -1.34. The van der Waals surface area contributed by atoms with Crippen LogP contribution in [0.5, 0.6) is 0 Å². The molecule has 0 bridgehead atoms. The van der Waals surface area contributed by atoms with Crippen LogP contribution in [0.4, 0.5) is 0 Å². The molecule has 0 aliphatic carbocycles. The predicted octanol–water partition coefficient (Wildman–Crippen LogP) is -5.25. The highest BCUT2D eigenvalue weighted by Crippen LogP contribution is 2.36. The average molecular weight is 383 g/mol. The maximum atomic E-state index is 11.4. The van der Waals surface area contributed by atoms with Gasteiger partial charge >= 0.3 is 0 Å². The molecular formula is C14H25NO11. The third-order valence-electron chi connectivity index (χ3n) is 4.48.